The summed E-state index contributed by atoms with van der Waals surface area (Å²) in [7, 11) is 0. The number of H-pyrrole nitrogens is 1. The van der Waals surface area contributed by atoms with Crippen molar-refractivity contribution in [2.45, 2.75) is 6.61 Å². The van der Waals surface area contributed by atoms with Gasteiger partial charge in [0.25, 0.3) is 0 Å². The Morgan fingerprint density at radius 2 is 2.31 bits per heavy atom. The van der Waals surface area contributed by atoms with Crippen molar-refractivity contribution in [3.8, 4) is 5.75 Å². The van der Waals surface area contributed by atoms with Crippen LogP contribution in [-0.4, -0.2) is 20.2 Å². The highest BCUT2D eigenvalue weighted by Crippen LogP contribution is 2.06. The number of ether oxygens (including phenoxy) is 1. The van der Waals surface area contributed by atoms with Gasteiger partial charge in [-0.05, 0) is 0 Å². The largest absolute Gasteiger partial charge is 0.484 e. The fourth-order valence-corrected chi connectivity index (χ4v) is 0.880. The molecule has 2 heterocycles. The summed E-state index contributed by atoms with van der Waals surface area (Å²) in [4.78, 5) is 7.98. The lowest BCUT2D eigenvalue weighted by molar-refractivity contribution is 0.301. The van der Waals surface area contributed by atoms with E-state index in [1.54, 1.807) is 31.0 Å². The molecule has 5 heteroatoms. The third-order valence-corrected chi connectivity index (χ3v) is 1.48. The van der Waals surface area contributed by atoms with E-state index in [9.17, 15) is 0 Å². The van der Waals surface area contributed by atoms with Gasteiger partial charge in [-0.15, -0.1) is 0 Å². The Hall–Kier alpha value is -1.91. The number of hydrogen-bond acceptors (Lipinski definition) is 4. The Kier molecular flexibility index (Phi) is 2.18. The molecule has 0 aliphatic carbocycles. The number of nitrogens with zero attached hydrogens (tertiary/aromatic N) is 3. The van der Waals surface area contributed by atoms with Gasteiger partial charge in [-0.25, -0.2) is 0 Å². The first-order chi connectivity index (χ1) is 6.45. The molecule has 1 N–H and O–H groups in total. The molecular weight excluding hydrogens is 168 g/mol. The highest BCUT2D eigenvalue weighted by atomic mass is 16.5. The van der Waals surface area contributed by atoms with Crippen LogP contribution in [0.1, 0.15) is 5.69 Å². The fourth-order valence-electron chi connectivity index (χ4n) is 0.880. The predicted molar refractivity (Wildman–Crippen MR) is 45.0 cm³/mol. The first kappa shape index (κ1) is 7.72. The second kappa shape index (κ2) is 3.66. The van der Waals surface area contributed by atoms with Crippen molar-refractivity contribution >= 4 is 0 Å². The SMILES string of the molecule is c1cnc(COc2cn[nH]c2)cn1. The van der Waals surface area contributed by atoms with Gasteiger partial charge in [0.15, 0.2) is 5.75 Å². The van der Waals surface area contributed by atoms with Gasteiger partial charge in [-0.2, -0.15) is 5.10 Å². The van der Waals surface area contributed by atoms with Crippen molar-refractivity contribution in [2.75, 3.05) is 0 Å². The molecule has 0 saturated carbocycles. The van der Waals surface area contributed by atoms with Gasteiger partial charge in [-0.3, -0.25) is 15.1 Å². The van der Waals surface area contributed by atoms with E-state index in [0.29, 0.717) is 12.4 Å². The molecule has 0 atom stereocenters. The number of aromatic nitrogens is 4. The van der Waals surface area contributed by atoms with Crippen LogP contribution in [0, 0.1) is 0 Å². The zero-order valence-electron chi connectivity index (χ0n) is 6.84. The summed E-state index contributed by atoms with van der Waals surface area (Å²) in [6.45, 7) is 0.410. The van der Waals surface area contributed by atoms with Crippen molar-refractivity contribution < 1.29 is 4.74 Å². The normalized spacial score (nSPS) is 9.85. The van der Waals surface area contributed by atoms with Crippen molar-refractivity contribution in [2.24, 2.45) is 0 Å². The molecule has 0 aliphatic rings. The zero-order chi connectivity index (χ0) is 8.93. The Morgan fingerprint density at radius 3 is 3.00 bits per heavy atom. The van der Waals surface area contributed by atoms with E-state index in [0.717, 1.165) is 5.69 Å². The van der Waals surface area contributed by atoms with Crippen LogP contribution in [0.2, 0.25) is 0 Å². The highest BCUT2D eigenvalue weighted by molar-refractivity contribution is 5.10. The lowest BCUT2D eigenvalue weighted by Crippen LogP contribution is -1.97. The lowest BCUT2D eigenvalue weighted by Gasteiger charge is -2.00. The van der Waals surface area contributed by atoms with Gasteiger partial charge in [0.1, 0.15) is 6.61 Å². The molecule has 5 nitrogen and oxygen atoms in total. The van der Waals surface area contributed by atoms with Crippen LogP contribution in [0.25, 0.3) is 0 Å². The van der Waals surface area contributed by atoms with Crippen molar-refractivity contribution in [3.05, 3.63) is 36.7 Å². The average molecular weight is 176 g/mol. The van der Waals surface area contributed by atoms with E-state index in [1.165, 1.54) is 0 Å². The molecule has 2 aromatic rings. The van der Waals surface area contributed by atoms with Crippen LogP contribution in [-0.2, 0) is 6.61 Å². The minimum atomic E-state index is 0.410. The maximum Gasteiger partial charge on any atom is 0.157 e. The van der Waals surface area contributed by atoms with E-state index in [2.05, 4.69) is 20.2 Å². The van der Waals surface area contributed by atoms with Gasteiger partial charge in [-0.1, -0.05) is 0 Å². The third kappa shape index (κ3) is 2.02. The molecule has 2 aromatic heterocycles. The quantitative estimate of drug-likeness (QED) is 0.750. The lowest BCUT2D eigenvalue weighted by atomic mass is 10.5. The van der Waals surface area contributed by atoms with Gasteiger partial charge >= 0.3 is 0 Å². The number of aromatic amines is 1. The van der Waals surface area contributed by atoms with Crippen LogP contribution in [0.4, 0.5) is 0 Å². The predicted octanol–water partition coefficient (Wildman–Crippen LogP) is 0.779. The molecule has 0 bridgehead atoms. The highest BCUT2D eigenvalue weighted by Gasteiger charge is 1.96. The number of hydrogen-bond donors (Lipinski definition) is 1. The summed E-state index contributed by atoms with van der Waals surface area (Å²) in [6, 6.07) is 0. The Morgan fingerprint density at radius 1 is 1.31 bits per heavy atom. The van der Waals surface area contributed by atoms with E-state index < -0.39 is 0 Å². The third-order valence-electron chi connectivity index (χ3n) is 1.48. The van der Waals surface area contributed by atoms with Crippen molar-refractivity contribution in [3.63, 3.8) is 0 Å². The molecule has 66 valence electrons. The van der Waals surface area contributed by atoms with Gasteiger partial charge in [0, 0.05) is 12.4 Å². The van der Waals surface area contributed by atoms with Crippen LogP contribution in [0.3, 0.4) is 0 Å². The van der Waals surface area contributed by atoms with Crippen LogP contribution < -0.4 is 4.74 Å². The van der Waals surface area contributed by atoms with Crippen LogP contribution in [0.5, 0.6) is 5.75 Å². The monoisotopic (exact) mass is 176 g/mol. The maximum absolute atomic E-state index is 5.34. The van der Waals surface area contributed by atoms with Gasteiger partial charge in [0.05, 0.1) is 24.3 Å². The Bertz CT molecular complexity index is 346. The Labute approximate surface area is 74.8 Å². The topological polar surface area (TPSA) is 63.7 Å². The molecule has 13 heavy (non-hydrogen) atoms. The summed E-state index contributed by atoms with van der Waals surface area (Å²) in [5.41, 5.74) is 0.795. The molecule has 2 rings (SSSR count). The molecule has 0 aromatic carbocycles. The average Bonchev–Trinajstić information content (AvgIpc) is 2.69. The van der Waals surface area contributed by atoms with Crippen LogP contribution >= 0.6 is 0 Å². The summed E-state index contributed by atoms with van der Waals surface area (Å²) in [5.74, 6) is 0.700. The zero-order valence-corrected chi connectivity index (χ0v) is 6.84. The van der Waals surface area contributed by atoms with Crippen molar-refractivity contribution in [1.29, 1.82) is 0 Å². The summed E-state index contributed by atoms with van der Waals surface area (Å²) >= 11 is 0. The van der Waals surface area contributed by atoms with E-state index in [-0.39, 0.29) is 0 Å². The maximum atomic E-state index is 5.34. The van der Waals surface area contributed by atoms with Crippen molar-refractivity contribution in [1.82, 2.24) is 20.2 Å². The minimum Gasteiger partial charge on any atom is -0.484 e. The first-order valence-electron chi connectivity index (χ1n) is 3.81. The summed E-state index contributed by atoms with van der Waals surface area (Å²) in [6.07, 6.45) is 8.21. The van der Waals surface area contributed by atoms with Gasteiger partial charge < -0.3 is 4.74 Å². The Balaban J connectivity index is 1.94. The molecule has 0 saturated heterocycles. The van der Waals surface area contributed by atoms with Gasteiger partial charge in [0.2, 0.25) is 0 Å². The molecule has 0 fully saturated rings. The number of nitrogens with one attached hydrogen (secondary N) is 1. The molecule has 0 amide bonds. The van der Waals surface area contributed by atoms with Crippen LogP contribution in [0.15, 0.2) is 31.0 Å². The second-order valence-electron chi connectivity index (χ2n) is 2.42. The van der Waals surface area contributed by atoms with E-state index in [1.807, 2.05) is 0 Å². The van der Waals surface area contributed by atoms with E-state index in [4.69, 9.17) is 4.74 Å². The molecule has 0 spiro atoms. The standard InChI is InChI=1S/C8H8N4O/c1-2-10-7(3-9-1)6-13-8-4-11-12-5-8/h1-5H,6H2,(H,11,12). The second-order valence-corrected chi connectivity index (χ2v) is 2.42. The first-order valence-corrected chi connectivity index (χ1v) is 3.81. The molecular formula is C8H8N4O. The summed E-state index contributed by atoms with van der Waals surface area (Å²) < 4.78 is 5.34. The summed E-state index contributed by atoms with van der Waals surface area (Å²) in [5, 5.41) is 6.40. The smallest absolute Gasteiger partial charge is 0.157 e. The minimum absolute atomic E-state index is 0.410. The molecule has 0 aliphatic heterocycles. The van der Waals surface area contributed by atoms with E-state index >= 15 is 0 Å². The molecule has 0 radical (unpaired) electrons. The molecule has 0 unspecified atom stereocenters. The fraction of sp³-hybridized carbons (Fsp3) is 0.125. The number of rotatable bonds is 3.